The highest BCUT2D eigenvalue weighted by Gasteiger charge is 2.30. The Labute approximate surface area is 244 Å². The van der Waals surface area contributed by atoms with E-state index < -0.39 is 23.1 Å². The first-order valence-electron chi connectivity index (χ1n) is 13.8. The van der Waals surface area contributed by atoms with Gasteiger partial charge in [-0.3, -0.25) is 14.2 Å². The number of aromatic nitrogens is 3. The monoisotopic (exact) mass is 600 g/mol. The van der Waals surface area contributed by atoms with E-state index in [9.17, 15) is 18.8 Å². The quantitative estimate of drug-likeness (QED) is 0.344. The van der Waals surface area contributed by atoms with Crippen LogP contribution < -0.4 is 21.3 Å². The van der Waals surface area contributed by atoms with E-state index in [0.29, 0.717) is 57.2 Å². The lowest BCUT2D eigenvalue weighted by Crippen LogP contribution is -2.49. The van der Waals surface area contributed by atoms with Crippen LogP contribution in [0.15, 0.2) is 44.7 Å². The largest absolute Gasteiger partial charge is 0.496 e. The maximum Gasteiger partial charge on any atom is 0.332 e. The lowest BCUT2D eigenvalue weighted by Gasteiger charge is -2.24. The first kappa shape index (κ1) is 29.7. The Hall–Kier alpha value is -3.81. The molecule has 13 heteroatoms. The number of carbonyl (C=O) groups is 1. The number of nitrogens with zero attached hydrogens (tertiary/aromatic N) is 3. The van der Waals surface area contributed by atoms with Gasteiger partial charge in [-0.25, -0.2) is 18.7 Å². The summed E-state index contributed by atoms with van der Waals surface area (Å²) < 4.78 is 32.2. The maximum absolute atomic E-state index is 13.9. The summed E-state index contributed by atoms with van der Waals surface area (Å²) in [5.74, 6) is 0.0728. The smallest absolute Gasteiger partial charge is 0.332 e. The van der Waals surface area contributed by atoms with Crippen LogP contribution in [-0.4, -0.2) is 58.1 Å². The van der Waals surface area contributed by atoms with Gasteiger partial charge in [0.1, 0.15) is 28.7 Å². The van der Waals surface area contributed by atoms with Crippen molar-refractivity contribution in [3.63, 3.8) is 0 Å². The molecule has 2 fully saturated rings. The number of aryl methyl sites for hydroxylation is 3. The van der Waals surface area contributed by atoms with E-state index in [1.165, 1.54) is 53.7 Å². The zero-order valence-corrected chi connectivity index (χ0v) is 24.2. The van der Waals surface area contributed by atoms with Gasteiger partial charge in [0, 0.05) is 26.3 Å². The molecule has 0 spiro atoms. The Morgan fingerprint density at radius 1 is 1.21 bits per heavy atom. The molecule has 42 heavy (non-hydrogen) atoms. The van der Waals surface area contributed by atoms with Gasteiger partial charge in [0.2, 0.25) is 11.8 Å². The molecule has 6 rings (SSSR count). The highest BCUT2D eigenvalue weighted by atomic mass is 32.1. The van der Waals surface area contributed by atoms with Crippen LogP contribution in [0.1, 0.15) is 42.9 Å². The average Bonchev–Trinajstić information content (AvgIpc) is 3.63. The predicted molar refractivity (Wildman–Crippen MR) is 155 cm³/mol. The second kappa shape index (κ2) is 13.0. The standard InChI is InChI=1S/C24H23FN4O5S.C5H10O2/c1-13-18-22(31)29(16-4-3-8-26-20(16)30)24(32)28(23(18)35-19(13)21-27-9-11-34-21)10-7-14-12-15(25)5-6-17(14)33-2;6-5-1-3-7-4-2-5/h5-6,9,11-12,16H,3-4,7-8,10H2,1-2H3,(H,26,30);5-6H,1-4H2. The van der Waals surface area contributed by atoms with E-state index in [1.54, 1.807) is 6.92 Å². The topological polar surface area (TPSA) is 138 Å². The maximum atomic E-state index is 13.9. The number of oxazole rings is 1. The van der Waals surface area contributed by atoms with E-state index in [2.05, 4.69) is 10.3 Å². The Morgan fingerprint density at radius 2 is 2.00 bits per heavy atom. The minimum atomic E-state index is -0.896. The fraction of sp³-hybridized carbons (Fsp3) is 0.448. The molecule has 4 aromatic rings. The third-order valence-electron chi connectivity index (χ3n) is 7.48. The number of thiophene rings is 1. The number of amides is 1. The van der Waals surface area contributed by atoms with Crippen molar-refractivity contribution in [3.05, 3.63) is 68.4 Å². The molecular formula is C29H33FN4O7S. The van der Waals surface area contributed by atoms with Crippen LogP contribution in [0.25, 0.3) is 21.0 Å². The van der Waals surface area contributed by atoms with Gasteiger partial charge in [-0.05, 0) is 68.4 Å². The number of piperidine rings is 1. The van der Waals surface area contributed by atoms with Crippen molar-refractivity contribution in [1.29, 1.82) is 0 Å². The summed E-state index contributed by atoms with van der Waals surface area (Å²) in [5.41, 5.74) is 0.111. The first-order valence-corrected chi connectivity index (χ1v) is 14.7. The van der Waals surface area contributed by atoms with E-state index in [-0.39, 0.29) is 25.0 Å². The average molecular weight is 601 g/mol. The summed E-state index contributed by atoms with van der Waals surface area (Å²) >= 11 is 1.23. The van der Waals surface area contributed by atoms with Crippen molar-refractivity contribution in [2.24, 2.45) is 0 Å². The molecule has 2 aliphatic heterocycles. The minimum Gasteiger partial charge on any atom is -0.496 e. The number of hydrogen-bond donors (Lipinski definition) is 2. The van der Waals surface area contributed by atoms with Crippen molar-refractivity contribution in [1.82, 2.24) is 19.4 Å². The van der Waals surface area contributed by atoms with Crippen molar-refractivity contribution in [2.45, 2.75) is 57.7 Å². The van der Waals surface area contributed by atoms with Gasteiger partial charge in [-0.1, -0.05) is 0 Å². The molecule has 0 aliphatic carbocycles. The third kappa shape index (κ3) is 6.03. The lowest BCUT2D eigenvalue weighted by molar-refractivity contribution is -0.126. The Bertz CT molecular complexity index is 1670. The van der Waals surface area contributed by atoms with Gasteiger partial charge >= 0.3 is 5.69 Å². The van der Waals surface area contributed by atoms with Crippen molar-refractivity contribution >= 4 is 27.5 Å². The molecule has 224 valence electrons. The molecule has 5 heterocycles. The summed E-state index contributed by atoms with van der Waals surface area (Å²) in [6.45, 7) is 3.90. The van der Waals surface area contributed by atoms with Gasteiger partial charge in [0.05, 0.1) is 29.7 Å². The molecule has 11 nitrogen and oxygen atoms in total. The Morgan fingerprint density at radius 3 is 2.64 bits per heavy atom. The van der Waals surface area contributed by atoms with E-state index in [1.807, 2.05) is 0 Å². The highest BCUT2D eigenvalue weighted by molar-refractivity contribution is 7.22. The lowest BCUT2D eigenvalue weighted by atomic mass is 10.1. The second-order valence-electron chi connectivity index (χ2n) is 10.2. The van der Waals surface area contributed by atoms with E-state index >= 15 is 0 Å². The third-order valence-corrected chi connectivity index (χ3v) is 8.78. The molecule has 2 aliphatic rings. The van der Waals surface area contributed by atoms with Crippen LogP contribution >= 0.6 is 11.3 Å². The van der Waals surface area contributed by atoms with Gasteiger partial charge < -0.3 is 24.3 Å². The van der Waals surface area contributed by atoms with Crippen LogP contribution in [0.3, 0.4) is 0 Å². The van der Waals surface area contributed by atoms with Crippen LogP contribution in [0.5, 0.6) is 5.75 Å². The number of methoxy groups -OCH3 is 1. The molecule has 1 unspecified atom stereocenters. The molecule has 0 radical (unpaired) electrons. The fourth-order valence-electron chi connectivity index (χ4n) is 5.24. The minimum absolute atomic E-state index is 0.0891. The normalized spacial score (nSPS) is 17.5. The van der Waals surface area contributed by atoms with Gasteiger partial charge in [0.25, 0.3) is 5.56 Å². The van der Waals surface area contributed by atoms with Crippen molar-refractivity contribution in [3.8, 4) is 16.5 Å². The van der Waals surface area contributed by atoms with Gasteiger partial charge in [-0.2, -0.15) is 0 Å². The molecule has 2 saturated heterocycles. The number of ether oxygens (including phenoxy) is 2. The molecule has 0 saturated carbocycles. The molecular weight excluding hydrogens is 567 g/mol. The zero-order valence-electron chi connectivity index (χ0n) is 23.4. The summed E-state index contributed by atoms with van der Waals surface area (Å²) in [7, 11) is 1.49. The first-order chi connectivity index (χ1) is 20.3. The van der Waals surface area contributed by atoms with Crippen molar-refractivity contribution in [2.75, 3.05) is 26.9 Å². The fourth-order valence-corrected chi connectivity index (χ4v) is 6.50. The number of hydrogen-bond acceptors (Lipinski definition) is 9. The van der Waals surface area contributed by atoms with E-state index in [0.717, 1.165) is 30.6 Å². The van der Waals surface area contributed by atoms with Gasteiger partial charge in [-0.15, -0.1) is 11.3 Å². The number of nitrogens with one attached hydrogen (secondary N) is 1. The molecule has 1 aromatic carbocycles. The summed E-state index contributed by atoms with van der Waals surface area (Å²) in [5, 5.41) is 11.9. The molecule has 1 atom stereocenters. The number of benzene rings is 1. The number of rotatable bonds is 6. The van der Waals surface area contributed by atoms with Crippen LogP contribution in [-0.2, 0) is 22.5 Å². The predicted octanol–water partition coefficient (Wildman–Crippen LogP) is 3.19. The zero-order chi connectivity index (χ0) is 29.8. The number of carbonyl (C=O) groups excluding carboxylic acids is 1. The SMILES string of the molecule is COc1ccc(F)cc1CCn1c(=O)n(C2CCCNC2=O)c(=O)c2c(C)c(-c3ncco3)sc21.OC1CCOCC1. The number of fused-ring (bicyclic) bond motifs is 1. The van der Waals surface area contributed by atoms with E-state index in [4.69, 9.17) is 19.0 Å². The highest BCUT2D eigenvalue weighted by Crippen LogP contribution is 2.36. The van der Waals surface area contributed by atoms with Crippen LogP contribution in [0.2, 0.25) is 0 Å². The molecule has 1 amide bonds. The summed E-state index contributed by atoms with van der Waals surface area (Å²) in [6, 6.07) is 3.31. The second-order valence-corrected chi connectivity index (χ2v) is 11.2. The van der Waals surface area contributed by atoms with Crippen LogP contribution in [0.4, 0.5) is 4.39 Å². The number of aliphatic hydroxyl groups excluding tert-OH is 1. The summed E-state index contributed by atoms with van der Waals surface area (Å²) in [4.78, 5) is 45.2. The molecule has 0 bridgehead atoms. The number of halogens is 1. The van der Waals surface area contributed by atoms with Crippen LogP contribution in [0, 0.1) is 12.7 Å². The summed E-state index contributed by atoms with van der Waals surface area (Å²) in [6.07, 6.45) is 5.82. The molecule has 2 N–H and O–H groups in total. The van der Waals surface area contributed by atoms with Crippen molar-refractivity contribution < 1.29 is 28.2 Å². The number of aliphatic hydroxyl groups is 1. The van der Waals surface area contributed by atoms with Gasteiger partial charge in [0.15, 0.2) is 0 Å². The Balaban J connectivity index is 0.000000442. The Kier molecular flexibility index (Phi) is 9.19. The molecule has 3 aromatic heterocycles.